The van der Waals surface area contributed by atoms with Gasteiger partial charge >= 0.3 is 6.09 Å². The minimum Gasteiger partial charge on any atom is -0.444 e. The summed E-state index contributed by atoms with van der Waals surface area (Å²) in [6, 6.07) is -0.328. The molecule has 0 radical (unpaired) electrons. The molecule has 2 saturated heterocycles. The Bertz CT molecular complexity index is 498. The third-order valence-corrected chi connectivity index (χ3v) is 10.3. The Hall–Kier alpha value is -0.633. The van der Waals surface area contributed by atoms with Gasteiger partial charge in [0, 0.05) is 12.0 Å². The van der Waals surface area contributed by atoms with Gasteiger partial charge in [-0.2, -0.15) is 0 Å². The van der Waals surface area contributed by atoms with Gasteiger partial charge in [0.1, 0.15) is 5.60 Å². The third-order valence-electron chi connectivity index (χ3n) is 5.77. The molecule has 7 heteroatoms. The molecule has 2 aliphatic rings. The van der Waals surface area contributed by atoms with Crippen molar-refractivity contribution in [3.05, 3.63) is 0 Å². The molecule has 0 saturated carbocycles. The Morgan fingerprint density at radius 1 is 1.20 bits per heavy atom. The van der Waals surface area contributed by atoms with Crippen molar-refractivity contribution >= 4 is 14.4 Å². The summed E-state index contributed by atoms with van der Waals surface area (Å²) in [6.07, 6.45) is -0.315. The van der Waals surface area contributed by atoms with Crippen molar-refractivity contribution in [3.63, 3.8) is 0 Å². The van der Waals surface area contributed by atoms with E-state index in [9.17, 15) is 4.79 Å². The predicted molar refractivity (Wildman–Crippen MR) is 101 cm³/mol. The number of fused-ring (bicyclic) bond motifs is 1. The number of carbonyl (C=O) groups is 1. The lowest BCUT2D eigenvalue weighted by Gasteiger charge is -2.39. The van der Waals surface area contributed by atoms with Crippen LogP contribution in [-0.2, 0) is 13.9 Å². The van der Waals surface area contributed by atoms with E-state index >= 15 is 0 Å². The molecule has 0 aliphatic carbocycles. The molecule has 0 aromatic rings. The SMILES string of the molecule is CC(C)(C)OC(=O)N1[C@@H]2COC[C@@H]2C(N)[C@@H]1CO[Si](C)(C)C(C)(C)C. The molecule has 1 unspecified atom stereocenters. The second-order valence-electron chi connectivity index (χ2n) is 9.87. The minimum atomic E-state index is -1.92. The lowest BCUT2D eigenvalue weighted by Crippen LogP contribution is -2.53. The summed E-state index contributed by atoms with van der Waals surface area (Å²) in [5, 5.41) is 0.116. The highest BCUT2D eigenvalue weighted by atomic mass is 28.4. The number of hydrogen-bond acceptors (Lipinski definition) is 5. The van der Waals surface area contributed by atoms with Crippen LogP contribution in [0, 0.1) is 5.92 Å². The molecule has 0 aromatic heterocycles. The van der Waals surface area contributed by atoms with E-state index in [1.54, 1.807) is 4.90 Å². The maximum absolute atomic E-state index is 12.8. The van der Waals surface area contributed by atoms with Crippen LogP contribution in [0.3, 0.4) is 0 Å². The molecule has 2 fully saturated rings. The van der Waals surface area contributed by atoms with E-state index in [2.05, 4.69) is 33.9 Å². The minimum absolute atomic E-state index is 0.0159. The van der Waals surface area contributed by atoms with Crippen LogP contribution >= 0.6 is 0 Å². The van der Waals surface area contributed by atoms with E-state index in [1.807, 2.05) is 20.8 Å². The number of amides is 1. The van der Waals surface area contributed by atoms with E-state index in [0.29, 0.717) is 19.8 Å². The molecule has 2 rings (SSSR count). The molecule has 2 N–H and O–H groups in total. The third kappa shape index (κ3) is 4.38. The molecule has 0 bridgehead atoms. The monoisotopic (exact) mass is 372 g/mol. The van der Waals surface area contributed by atoms with Gasteiger partial charge in [0.15, 0.2) is 8.32 Å². The van der Waals surface area contributed by atoms with Crippen molar-refractivity contribution in [3.8, 4) is 0 Å². The van der Waals surface area contributed by atoms with Gasteiger partial charge in [-0.3, -0.25) is 4.90 Å². The number of carbonyl (C=O) groups excluding carboxylic acids is 1. The van der Waals surface area contributed by atoms with Gasteiger partial charge in [-0.25, -0.2) is 4.79 Å². The van der Waals surface area contributed by atoms with E-state index in [1.165, 1.54) is 0 Å². The summed E-state index contributed by atoms with van der Waals surface area (Å²) < 4.78 is 17.6. The van der Waals surface area contributed by atoms with Gasteiger partial charge in [0.25, 0.3) is 0 Å². The molecule has 25 heavy (non-hydrogen) atoms. The maximum Gasteiger partial charge on any atom is 0.411 e. The van der Waals surface area contributed by atoms with Gasteiger partial charge in [0.05, 0.1) is 31.9 Å². The van der Waals surface area contributed by atoms with Crippen LogP contribution in [0.5, 0.6) is 0 Å². The molecular formula is C18H36N2O4Si. The summed E-state index contributed by atoms with van der Waals surface area (Å²) in [6.45, 7) is 18.3. The second kappa shape index (κ2) is 6.83. The molecule has 146 valence electrons. The first kappa shape index (κ1) is 20.7. The van der Waals surface area contributed by atoms with Crippen molar-refractivity contribution in [2.24, 2.45) is 11.7 Å². The number of rotatable bonds is 3. The van der Waals surface area contributed by atoms with E-state index in [4.69, 9.17) is 19.6 Å². The van der Waals surface area contributed by atoms with E-state index in [-0.39, 0.29) is 35.2 Å². The molecular weight excluding hydrogens is 336 g/mol. The molecule has 4 atom stereocenters. The summed E-state index contributed by atoms with van der Waals surface area (Å²) >= 11 is 0. The highest BCUT2D eigenvalue weighted by Crippen LogP contribution is 2.39. The first-order valence-corrected chi connectivity index (χ1v) is 12.1. The molecule has 2 aliphatic heterocycles. The van der Waals surface area contributed by atoms with Crippen molar-refractivity contribution < 1.29 is 18.7 Å². The quantitative estimate of drug-likeness (QED) is 0.771. The fourth-order valence-electron chi connectivity index (χ4n) is 3.22. The fraction of sp³-hybridized carbons (Fsp3) is 0.944. The normalized spacial score (nSPS) is 30.5. The first-order chi connectivity index (χ1) is 11.2. The molecule has 6 nitrogen and oxygen atoms in total. The first-order valence-electron chi connectivity index (χ1n) is 9.23. The van der Waals surface area contributed by atoms with Crippen LogP contribution < -0.4 is 5.73 Å². The number of hydrogen-bond donors (Lipinski definition) is 1. The van der Waals surface area contributed by atoms with Crippen LogP contribution in [-0.4, -0.2) is 62.9 Å². The highest BCUT2D eigenvalue weighted by molar-refractivity contribution is 6.74. The predicted octanol–water partition coefficient (Wildman–Crippen LogP) is 2.97. The number of likely N-dealkylation sites (tertiary alicyclic amines) is 1. The Morgan fingerprint density at radius 3 is 2.32 bits per heavy atom. The molecule has 1 amide bonds. The van der Waals surface area contributed by atoms with Gasteiger partial charge in [0.2, 0.25) is 0 Å². The van der Waals surface area contributed by atoms with Crippen LogP contribution in [0.25, 0.3) is 0 Å². The van der Waals surface area contributed by atoms with Gasteiger partial charge in [-0.05, 0) is 38.9 Å². The van der Waals surface area contributed by atoms with Crippen LogP contribution in [0.1, 0.15) is 41.5 Å². The zero-order valence-corrected chi connectivity index (χ0v) is 18.1. The van der Waals surface area contributed by atoms with Crippen molar-refractivity contribution in [2.45, 2.75) is 83.4 Å². The van der Waals surface area contributed by atoms with E-state index in [0.717, 1.165) is 0 Å². The van der Waals surface area contributed by atoms with Crippen LogP contribution in [0.15, 0.2) is 0 Å². The van der Waals surface area contributed by atoms with Gasteiger partial charge < -0.3 is 19.6 Å². The standard InChI is InChI=1S/C18H36N2O4Si/c1-17(2,3)24-16(21)20-13-10-22-9-12(13)15(19)14(20)11-23-25(7,8)18(4,5)6/h12-15H,9-11,19H2,1-8H3/t12-,13+,14-,15?/m0/s1. The Kier molecular flexibility index (Phi) is 5.65. The van der Waals surface area contributed by atoms with E-state index < -0.39 is 13.9 Å². The summed E-state index contributed by atoms with van der Waals surface area (Å²) in [4.78, 5) is 14.6. The fourth-order valence-corrected chi connectivity index (χ4v) is 4.24. The summed E-state index contributed by atoms with van der Waals surface area (Å²) in [5.74, 6) is 0.153. The molecule has 0 spiro atoms. The van der Waals surface area contributed by atoms with Crippen LogP contribution in [0.2, 0.25) is 18.1 Å². The largest absolute Gasteiger partial charge is 0.444 e. The Labute approximate surface area is 153 Å². The Balaban J connectivity index is 2.17. The topological polar surface area (TPSA) is 74.0 Å². The second-order valence-corrected chi connectivity index (χ2v) is 14.7. The van der Waals surface area contributed by atoms with Crippen molar-refractivity contribution in [1.29, 1.82) is 0 Å². The lowest BCUT2D eigenvalue weighted by molar-refractivity contribution is 0.00421. The van der Waals surface area contributed by atoms with Gasteiger partial charge in [-0.15, -0.1) is 0 Å². The highest BCUT2D eigenvalue weighted by Gasteiger charge is 2.53. The summed E-state index contributed by atoms with van der Waals surface area (Å²) in [5.41, 5.74) is 5.96. The lowest BCUT2D eigenvalue weighted by atomic mass is 9.98. The van der Waals surface area contributed by atoms with Crippen LogP contribution in [0.4, 0.5) is 4.79 Å². The smallest absolute Gasteiger partial charge is 0.411 e. The zero-order valence-electron chi connectivity index (χ0n) is 17.1. The maximum atomic E-state index is 12.8. The van der Waals surface area contributed by atoms with Gasteiger partial charge in [-0.1, -0.05) is 20.8 Å². The summed E-state index contributed by atoms with van der Waals surface area (Å²) in [7, 11) is -1.92. The molecule has 2 heterocycles. The number of ether oxygens (including phenoxy) is 2. The molecule has 0 aromatic carbocycles. The van der Waals surface area contributed by atoms with Crippen molar-refractivity contribution in [1.82, 2.24) is 4.90 Å². The Morgan fingerprint density at radius 2 is 1.80 bits per heavy atom. The average Bonchev–Trinajstić information content (AvgIpc) is 2.95. The zero-order chi connectivity index (χ0) is 19.2. The average molecular weight is 373 g/mol. The number of nitrogens with zero attached hydrogens (tertiary/aromatic N) is 1. The van der Waals surface area contributed by atoms with Crippen molar-refractivity contribution in [2.75, 3.05) is 19.8 Å². The number of nitrogens with two attached hydrogens (primary N) is 1.